The van der Waals surface area contributed by atoms with Crippen molar-refractivity contribution in [1.82, 2.24) is 9.13 Å². The number of aryl methyl sites for hydroxylation is 1. The van der Waals surface area contributed by atoms with E-state index in [1.54, 1.807) is 4.57 Å². The van der Waals surface area contributed by atoms with Gasteiger partial charge in [0.25, 0.3) is 0 Å². The van der Waals surface area contributed by atoms with E-state index < -0.39 is 0 Å². The Bertz CT molecular complexity index is 1060. The van der Waals surface area contributed by atoms with Gasteiger partial charge >= 0.3 is 5.69 Å². The number of rotatable bonds is 3. The minimum atomic E-state index is 0.0151. The summed E-state index contributed by atoms with van der Waals surface area (Å²) in [6.07, 6.45) is 0. The Balaban J connectivity index is 1.77. The molecule has 3 heteroatoms. The second-order valence-electron chi connectivity index (χ2n) is 5.98. The van der Waals surface area contributed by atoms with Gasteiger partial charge in [-0.25, -0.2) is 4.79 Å². The molecule has 0 spiro atoms. The highest BCUT2D eigenvalue weighted by Crippen LogP contribution is 2.21. The minimum absolute atomic E-state index is 0.0151. The van der Waals surface area contributed by atoms with E-state index >= 15 is 0 Å². The Kier molecular flexibility index (Phi) is 3.54. The smallest absolute Gasteiger partial charge is 0.295 e. The van der Waals surface area contributed by atoms with Gasteiger partial charge in [-0.05, 0) is 34.9 Å². The van der Waals surface area contributed by atoms with Crippen molar-refractivity contribution in [3.8, 4) is 11.1 Å². The van der Waals surface area contributed by atoms with Crippen molar-refractivity contribution in [2.75, 3.05) is 0 Å². The molecule has 0 aliphatic carbocycles. The molecule has 3 aromatic carbocycles. The lowest BCUT2D eigenvalue weighted by molar-refractivity contribution is 0.736. The molecule has 0 fully saturated rings. The summed E-state index contributed by atoms with van der Waals surface area (Å²) < 4.78 is 3.54. The molecule has 0 saturated heterocycles. The first-order chi connectivity index (χ1) is 11.7. The SMILES string of the molecule is Cn1c(=O)n(Cc2cccc(-c3ccccc3)c2)c2ccccc21. The van der Waals surface area contributed by atoms with Crippen LogP contribution in [0.25, 0.3) is 22.2 Å². The molecule has 4 rings (SSSR count). The number of imidazole rings is 1. The van der Waals surface area contributed by atoms with E-state index in [0.29, 0.717) is 6.54 Å². The third kappa shape index (κ3) is 2.44. The Morgan fingerprint density at radius 2 is 1.42 bits per heavy atom. The summed E-state index contributed by atoms with van der Waals surface area (Å²) in [5.41, 5.74) is 5.42. The van der Waals surface area contributed by atoms with Crippen LogP contribution in [0.15, 0.2) is 83.7 Å². The summed E-state index contributed by atoms with van der Waals surface area (Å²) in [5.74, 6) is 0. The lowest BCUT2D eigenvalue weighted by Crippen LogP contribution is -2.22. The average Bonchev–Trinajstić information content (AvgIpc) is 2.88. The quantitative estimate of drug-likeness (QED) is 0.560. The average molecular weight is 314 g/mol. The van der Waals surface area contributed by atoms with Gasteiger partial charge < -0.3 is 0 Å². The third-order valence-electron chi connectivity index (χ3n) is 4.43. The van der Waals surface area contributed by atoms with Crippen LogP contribution in [0.5, 0.6) is 0 Å². The number of para-hydroxylation sites is 2. The first-order valence-electron chi connectivity index (χ1n) is 8.02. The predicted molar refractivity (Wildman–Crippen MR) is 98.2 cm³/mol. The van der Waals surface area contributed by atoms with E-state index in [-0.39, 0.29) is 5.69 Å². The van der Waals surface area contributed by atoms with E-state index in [1.165, 1.54) is 11.1 Å². The molecular weight excluding hydrogens is 296 g/mol. The van der Waals surface area contributed by atoms with E-state index in [0.717, 1.165) is 16.6 Å². The van der Waals surface area contributed by atoms with E-state index in [9.17, 15) is 4.79 Å². The van der Waals surface area contributed by atoms with Crippen molar-refractivity contribution in [1.29, 1.82) is 0 Å². The van der Waals surface area contributed by atoms with Crippen LogP contribution < -0.4 is 5.69 Å². The number of fused-ring (bicyclic) bond motifs is 1. The highest BCUT2D eigenvalue weighted by atomic mass is 16.1. The number of hydrogen-bond acceptors (Lipinski definition) is 1. The molecule has 0 aliphatic rings. The molecule has 24 heavy (non-hydrogen) atoms. The molecular formula is C21H18N2O. The van der Waals surface area contributed by atoms with E-state index in [1.807, 2.05) is 60.1 Å². The molecule has 3 nitrogen and oxygen atoms in total. The van der Waals surface area contributed by atoms with Crippen LogP contribution in [-0.4, -0.2) is 9.13 Å². The fourth-order valence-electron chi connectivity index (χ4n) is 3.18. The Hall–Kier alpha value is -3.07. The monoisotopic (exact) mass is 314 g/mol. The Morgan fingerprint density at radius 3 is 2.21 bits per heavy atom. The topological polar surface area (TPSA) is 26.9 Å². The molecule has 118 valence electrons. The molecule has 1 aromatic heterocycles. The molecule has 0 amide bonds. The summed E-state index contributed by atoms with van der Waals surface area (Å²) in [4.78, 5) is 12.6. The molecule has 0 N–H and O–H groups in total. The maximum absolute atomic E-state index is 12.6. The van der Waals surface area contributed by atoms with Crippen LogP contribution in [0, 0.1) is 0 Å². The van der Waals surface area contributed by atoms with Crippen molar-refractivity contribution in [3.05, 3.63) is 94.9 Å². The van der Waals surface area contributed by atoms with Gasteiger partial charge in [-0.15, -0.1) is 0 Å². The van der Waals surface area contributed by atoms with Crippen LogP contribution in [-0.2, 0) is 13.6 Å². The van der Waals surface area contributed by atoms with Gasteiger partial charge in [-0.2, -0.15) is 0 Å². The number of benzene rings is 3. The Morgan fingerprint density at radius 1 is 0.750 bits per heavy atom. The fourth-order valence-corrected chi connectivity index (χ4v) is 3.18. The Labute approximate surface area is 140 Å². The van der Waals surface area contributed by atoms with Crippen LogP contribution >= 0.6 is 0 Å². The first-order valence-corrected chi connectivity index (χ1v) is 8.02. The summed E-state index contributed by atoms with van der Waals surface area (Å²) >= 11 is 0. The standard InChI is InChI=1S/C21H18N2O/c1-22-19-12-5-6-13-20(19)23(21(22)24)15-16-8-7-11-18(14-16)17-9-3-2-4-10-17/h2-14H,15H2,1H3. The van der Waals surface area contributed by atoms with Gasteiger partial charge in [0.15, 0.2) is 0 Å². The number of aromatic nitrogens is 2. The van der Waals surface area contributed by atoms with Crippen molar-refractivity contribution >= 4 is 11.0 Å². The number of nitrogens with zero attached hydrogens (tertiary/aromatic N) is 2. The summed E-state index contributed by atoms with van der Waals surface area (Å²) in [7, 11) is 1.82. The van der Waals surface area contributed by atoms with Crippen LogP contribution in [0.3, 0.4) is 0 Å². The van der Waals surface area contributed by atoms with E-state index in [2.05, 4.69) is 30.3 Å². The molecule has 1 heterocycles. The summed E-state index contributed by atoms with van der Waals surface area (Å²) in [5, 5.41) is 0. The zero-order valence-corrected chi connectivity index (χ0v) is 13.5. The van der Waals surface area contributed by atoms with Crippen molar-refractivity contribution in [2.45, 2.75) is 6.54 Å². The highest BCUT2D eigenvalue weighted by molar-refractivity contribution is 5.76. The number of hydrogen-bond donors (Lipinski definition) is 0. The molecule has 0 saturated carbocycles. The van der Waals surface area contributed by atoms with Crippen LogP contribution in [0.1, 0.15) is 5.56 Å². The van der Waals surface area contributed by atoms with Crippen molar-refractivity contribution in [2.24, 2.45) is 7.05 Å². The van der Waals surface area contributed by atoms with Gasteiger partial charge in [0.2, 0.25) is 0 Å². The highest BCUT2D eigenvalue weighted by Gasteiger charge is 2.10. The zero-order chi connectivity index (χ0) is 16.5. The normalized spacial score (nSPS) is 11.0. The second kappa shape index (κ2) is 5.85. The maximum atomic E-state index is 12.6. The molecule has 4 aromatic rings. The predicted octanol–water partition coefficient (Wildman–Crippen LogP) is 4.06. The summed E-state index contributed by atoms with van der Waals surface area (Å²) in [6, 6.07) is 26.6. The maximum Gasteiger partial charge on any atom is 0.329 e. The van der Waals surface area contributed by atoms with Crippen LogP contribution in [0.4, 0.5) is 0 Å². The first kappa shape index (κ1) is 14.5. The molecule has 0 atom stereocenters. The largest absolute Gasteiger partial charge is 0.329 e. The third-order valence-corrected chi connectivity index (χ3v) is 4.43. The lowest BCUT2D eigenvalue weighted by atomic mass is 10.0. The van der Waals surface area contributed by atoms with Gasteiger partial charge in [-0.3, -0.25) is 9.13 Å². The second-order valence-corrected chi connectivity index (χ2v) is 5.98. The van der Waals surface area contributed by atoms with Crippen molar-refractivity contribution < 1.29 is 0 Å². The van der Waals surface area contributed by atoms with E-state index in [4.69, 9.17) is 0 Å². The van der Waals surface area contributed by atoms with Gasteiger partial charge in [0, 0.05) is 7.05 Å². The fraction of sp³-hybridized carbons (Fsp3) is 0.0952. The molecule has 0 radical (unpaired) electrons. The van der Waals surface area contributed by atoms with Crippen LogP contribution in [0.2, 0.25) is 0 Å². The summed E-state index contributed by atoms with van der Waals surface area (Å²) in [6.45, 7) is 0.570. The molecule has 0 bridgehead atoms. The zero-order valence-electron chi connectivity index (χ0n) is 13.5. The molecule has 0 unspecified atom stereocenters. The van der Waals surface area contributed by atoms with Crippen molar-refractivity contribution in [3.63, 3.8) is 0 Å². The molecule has 0 aliphatic heterocycles. The lowest BCUT2D eigenvalue weighted by Gasteiger charge is -2.07. The van der Waals surface area contributed by atoms with Gasteiger partial charge in [0.1, 0.15) is 0 Å². The van der Waals surface area contributed by atoms with Gasteiger partial charge in [0.05, 0.1) is 17.6 Å². The van der Waals surface area contributed by atoms with Gasteiger partial charge in [-0.1, -0.05) is 60.7 Å². The minimum Gasteiger partial charge on any atom is -0.295 e.